The Morgan fingerprint density at radius 2 is 2.00 bits per heavy atom. The summed E-state index contributed by atoms with van der Waals surface area (Å²) >= 11 is 1.63. The van der Waals surface area contributed by atoms with Crippen molar-refractivity contribution in [1.29, 1.82) is 0 Å². The van der Waals surface area contributed by atoms with Gasteiger partial charge in [0.15, 0.2) is 0 Å². The molecular formula is C14H25NO3S. The van der Waals surface area contributed by atoms with Crippen molar-refractivity contribution in [2.45, 2.75) is 57.9 Å². The van der Waals surface area contributed by atoms with Gasteiger partial charge in [-0.3, -0.25) is 9.59 Å². The summed E-state index contributed by atoms with van der Waals surface area (Å²) in [5, 5.41) is 12.2. The molecule has 110 valence electrons. The topological polar surface area (TPSA) is 66.4 Å². The van der Waals surface area contributed by atoms with E-state index in [1.807, 2.05) is 0 Å². The Bertz CT molecular complexity index is 296. The van der Waals surface area contributed by atoms with Crippen LogP contribution in [0.1, 0.15) is 51.9 Å². The first kappa shape index (κ1) is 16.3. The first-order valence-corrected chi connectivity index (χ1v) is 8.40. The van der Waals surface area contributed by atoms with Crippen LogP contribution in [0.4, 0.5) is 0 Å². The van der Waals surface area contributed by atoms with Crippen LogP contribution in [0.25, 0.3) is 0 Å². The summed E-state index contributed by atoms with van der Waals surface area (Å²) in [5.74, 6) is 0.247. The summed E-state index contributed by atoms with van der Waals surface area (Å²) in [5.41, 5.74) is 0. The van der Waals surface area contributed by atoms with E-state index < -0.39 is 11.9 Å². The highest BCUT2D eigenvalue weighted by molar-refractivity contribution is 7.99. The molecule has 0 heterocycles. The largest absolute Gasteiger partial charge is 0.481 e. The Kier molecular flexibility index (Phi) is 7.94. The Balaban J connectivity index is 2.38. The van der Waals surface area contributed by atoms with Crippen molar-refractivity contribution in [1.82, 2.24) is 5.32 Å². The molecule has 0 aliphatic heterocycles. The molecule has 0 saturated heterocycles. The third kappa shape index (κ3) is 6.32. The molecule has 19 heavy (non-hydrogen) atoms. The molecule has 4 nitrogen and oxygen atoms in total. The van der Waals surface area contributed by atoms with Gasteiger partial charge in [0.05, 0.1) is 11.7 Å². The van der Waals surface area contributed by atoms with Crippen LogP contribution in [-0.4, -0.2) is 34.5 Å². The Labute approximate surface area is 119 Å². The average Bonchev–Trinajstić information content (AvgIpc) is 2.60. The lowest BCUT2D eigenvalue weighted by atomic mass is 9.95. The molecule has 1 amide bonds. The van der Waals surface area contributed by atoms with E-state index in [1.54, 1.807) is 11.8 Å². The molecule has 2 N–H and O–H groups in total. The highest BCUT2D eigenvalue weighted by Crippen LogP contribution is 2.24. The standard InChI is InChI=1S/C14H25NO3S/c1-2-3-9-19-10-13(16)15-12-8-6-4-5-7-11(12)14(17)18/h11-12H,2-10H2,1H3,(H,15,16)(H,17,18). The SMILES string of the molecule is CCCCSCC(=O)NC1CCCCCC1C(=O)O. The van der Waals surface area contributed by atoms with Gasteiger partial charge in [-0.1, -0.05) is 32.6 Å². The third-order valence-corrected chi connectivity index (χ3v) is 4.60. The Hall–Kier alpha value is -0.710. The van der Waals surface area contributed by atoms with Crippen LogP contribution in [-0.2, 0) is 9.59 Å². The summed E-state index contributed by atoms with van der Waals surface area (Å²) in [4.78, 5) is 23.1. The normalized spacial score (nSPS) is 23.6. The van der Waals surface area contributed by atoms with Crippen LogP contribution in [0.2, 0.25) is 0 Å². The molecule has 1 saturated carbocycles. The first-order chi connectivity index (χ1) is 9.15. The lowest BCUT2D eigenvalue weighted by Gasteiger charge is -2.22. The molecule has 1 fully saturated rings. The quantitative estimate of drug-likeness (QED) is 0.558. The van der Waals surface area contributed by atoms with E-state index in [2.05, 4.69) is 12.2 Å². The van der Waals surface area contributed by atoms with Crippen LogP contribution >= 0.6 is 11.8 Å². The summed E-state index contributed by atoms with van der Waals surface area (Å²) in [6.45, 7) is 2.13. The average molecular weight is 287 g/mol. The minimum absolute atomic E-state index is 0.0146. The van der Waals surface area contributed by atoms with E-state index in [4.69, 9.17) is 0 Å². The second kappa shape index (κ2) is 9.23. The monoisotopic (exact) mass is 287 g/mol. The minimum atomic E-state index is -0.772. The summed E-state index contributed by atoms with van der Waals surface area (Å²) < 4.78 is 0. The van der Waals surface area contributed by atoms with Gasteiger partial charge < -0.3 is 10.4 Å². The summed E-state index contributed by atoms with van der Waals surface area (Å²) in [7, 11) is 0. The minimum Gasteiger partial charge on any atom is -0.481 e. The van der Waals surface area contributed by atoms with E-state index in [1.165, 1.54) is 0 Å². The Morgan fingerprint density at radius 1 is 1.26 bits per heavy atom. The van der Waals surface area contributed by atoms with Crippen molar-refractivity contribution in [3.63, 3.8) is 0 Å². The van der Waals surface area contributed by atoms with E-state index >= 15 is 0 Å². The molecule has 0 bridgehead atoms. The highest BCUT2D eigenvalue weighted by Gasteiger charge is 2.30. The van der Waals surface area contributed by atoms with Crippen molar-refractivity contribution in [2.75, 3.05) is 11.5 Å². The van der Waals surface area contributed by atoms with Crippen molar-refractivity contribution >= 4 is 23.6 Å². The molecule has 2 unspecified atom stereocenters. The second-order valence-corrected chi connectivity index (χ2v) is 6.27. The maximum Gasteiger partial charge on any atom is 0.308 e. The van der Waals surface area contributed by atoms with Crippen molar-refractivity contribution < 1.29 is 14.7 Å². The van der Waals surface area contributed by atoms with Crippen LogP contribution in [0.5, 0.6) is 0 Å². The van der Waals surface area contributed by atoms with Gasteiger partial charge in [-0.25, -0.2) is 0 Å². The lowest BCUT2D eigenvalue weighted by molar-refractivity contribution is -0.143. The zero-order valence-corrected chi connectivity index (χ0v) is 12.5. The van der Waals surface area contributed by atoms with Gasteiger partial charge in [0.2, 0.25) is 5.91 Å². The van der Waals surface area contributed by atoms with Gasteiger partial charge in [-0.15, -0.1) is 0 Å². The predicted molar refractivity (Wildman–Crippen MR) is 78.4 cm³/mol. The molecule has 1 aliphatic carbocycles. The molecule has 0 radical (unpaired) electrons. The molecule has 1 rings (SSSR count). The van der Waals surface area contributed by atoms with Crippen LogP contribution in [0.3, 0.4) is 0 Å². The van der Waals surface area contributed by atoms with Gasteiger partial charge in [-0.05, 0) is 25.0 Å². The van der Waals surface area contributed by atoms with Gasteiger partial charge >= 0.3 is 5.97 Å². The summed E-state index contributed by atoms with van der Waals surface area (Å²) in [6.07, 6.45) is 6.77. The van der Waals surface area contributed by atoms with Crippen LogP contribution < -0.4 is 5.32 Å². The van der Waals surface area contributed by atoms with Gasteiger partial charge in [0.25, 0.3) is 0 Å². The fourth-order valence-electron chi connectivity index (χ4n) is 2.44. The molecule has 0 aromatic rings. The van der Waals surface area contributed by atoms with Crippen molar-refractivity contribution in [3.8, 4) is 0 Å². The number of thioether (sulfide) groups is 1. The second-order valence-electron chi connectivity index (χ2n) is 5.16. The highest BCUT2D eigenvalue weighted by atomic mass is 32.2. The third-order valence-electron chi connectivity index (χ3n) is 3.55. The van der Waals surface area contributed by atoms with Crippen LogP contribution in [0.15, 0.2) is 0 Å². The van der Waals surface area contributed by atoms with Crippen molar-refractivity contribution in [3.05, 3.63) is 0 Å². The molecule has 5 heteroatoms. The number of carbonyl (C=O) groups excluding carboxylic acids is 1. The molecule has 0 aromatic heterocycles. The van der Waals surface area contributed by atoms with Crippen LogP contribution in [0, 0.1) is 5.92 Å². The molecular weight excluding hydrogens is 262 g/mol. The maximum atomic E-state index is 11.8. The zero-order valence-electron chi connectivity index (χ0n) is 11.7. The number of hydrogen-bond acceptors (Lipinski definition) is 3. The van der Waals surface area contributed by atoms with Gasteiger partial charge in [0, 0.05) is 6.04 Å². The van der Waals surface area contributed by atoms with E-state index in [-0.39, 0.29) is 11.9 Å². The molecule has 1 aliphatic rings. The van der Waals surface area contributed by atoms with E-state index in [0.717, 1.165) is 44.3 Å². The number of carbonyl (C=O) groups is 2. The van der Waals surface area contributed by atoms with Gasteiger partial charge in [-0.2, -0.15) is 11.8 Å². The molecule has 0 aromatic carbocycles. The first-order valence-electron chi connectivity index (χ1n) is 7.25. The number of hydrogen-bond donors (Lipinski definition) is 2. The predicted octanol–water partition coefficient (Wildman–Crippen LogP) is 2.67. The number of unbranched alkanes of at least 4 members (excludes halogenated alkanes) is 1. The van der Waals surface area contributed by atoms with E-state index in [9.17, 15) is 14.7 Å². The zero-order chi connectivity index (χ0) is 14.1. The summed E-state index contributed by atoms with van der Waals surface area (Å²) in [6, 6.07) is -0.181. The lowest BCUT2D eigenvalue weighted by Crippen LogP contribution is -2.43. The maximum absolute atomic E-state index is 11.8. The Morgan fingerprint density at radius 3 is 2.68 bits per heavy atom. The fourth-order valence-corrected chi connectivity index (χ4v) is 3.34. The van der Waals surface area contributed by atoms with Gasteiger partial charge in [0.1, 0.15) is 0 Å². The molecule has 0 spiro atoms. The molecule has 2 atom stereocenters. The number of aliphatic carboxylic acids is 1. The smallest absolute Gasteiger partial charge is 0.308 e. The number of rotatable bonds is 7. The number of carboxylic acid groups (broad SMARTS) is 1. The van der Waals surface area contributed by atoms with E-state index in [0.29, 0.717) is 12.2 Å². The number of carboxylic acids is 1. The fraction of sp³-hybridized carbons (Fsp3) is 0.857. The van der Waals surface area contributed by atoms with Crippen molar-refractivity contribution in [2.24, 2.45) is 5.92 Å². The number of nitrogens with one attached hydrogen (secondary N) is 1. The number of amides is 1.